The van der Waals surface area contributed by atoms with Gasteiger partial charge in [-0.25, -0.2) is 0 Å². The maximum atomic E-state index is 13.4. The van der Waals surface area contributed by atoms with Gasteiger partial charge in [0.1, 0.15) is 73.2 Å². The molecule has 12 N–H and O–H groups in total. The van der Waals surface area contributed by atoms with Gasteiger partial charge in [-0.05, 0) is 64.2 Å². The lowest BCUT2D eigenvalue weighted by Crippen LogP contribution is -2.66. The van der Waals surface area contributed by atoms with Crippen molar-refractivity contribution in [3.05, 3.63) is 48.6 Å². The number of rotatable bonds is 49. The number of amides is 1. The van der Waals surface area contributed by atoms with Crippen LogP contribution in [0.5, 0.6) is 0 Å². The first-order chi connectivity index (χ1) is 40.8. The Bertz CT molecular complexity index is 1720. The van der Waals surface area contributed by atoms with Gasteiger partial charge in [0.15, 0.2) is 18.9 Å². The lowest BCUT2D eigenvalue weighted by atomic mass is 9.96. The van der Waals surface area contributed by atoms with Crippen LogP contribution in [0.4, 0.5) is 0 Å². The van der Waals surface area contributed by atoms with Crippen LogP contribution in [-0.4, -0.2) is 193 Å². The molecule has 0 aromatic rings. The van der Waals surface area contributed by atoms with Crippen LogP contribution in [0.25, 0.3) is 0 Å². The predicted octanol–water partition coefficient (Wildman–Crippen LogP) is 7.43. The number of carbonyl (C=O) groups excluding carboxylic acids is 1. The molecule has 1 amide bonds. The molecule has 0 spiro atoms. The first kappa shape index (κ1) is 76.0. The van der Waals surface area contributed by atoms with Gasteiger partial charge in [0.05, 0.1) is 38.6 Å². The molecule has 0 bridgehead atoms. The Morgan fingerprint density at radius 3 is 1.27 bits per heavy atom. The molecule has 3 aliphatic heterocycles. The van der Waals surface area contributed by atoms with Crippen molar-refractivity contribution in [1.82, 2.24) is 5.32 Å². The summed E-state index contributed by atoms with van der Waals surface area (Å²) in [5.41, 5.74) is 0. The molecule has 0 saturated carbocycles. The zero-order valence-electron chi connectivity index (χ0n) is 51.4. The van der Waals surface area contributed by atoms with Crippen molar-refractivity contribution in [2.45, 2.75) is 330 Å². The number of nitrogens with one attached hydrogen (secondary N) is 1. The van der Waals surface area contributed by atoms with E-state index >= 15 is 0 Å². The largest absolute Gasteiger partial charge is 0.394 e. The summed E-state index contributed by atoms with van der Waals surface area (Å²) in [6.07, 6.45) is 28.0. The summed E-state index contributed by atoms with van der Waals surface area (Å²) < 4.78 is 34.3. The molecule has 3 aliphatic rings. The smallest absolute Gasteiger partial charge is 0.220 e. The van der Waals surface area contributed by atoms with Gasteiger partial charge < -0.3 is 89.9 Å². The van der Waals surface area contributed by atoms with E-state index in [0.29, 0.717) is 12.8 Å². The molecule has 490 valence electrons. The van der Waals surface area contributed by atoms with Gasteiger partial charge in [0.2, 0.25) is 5.91 Å². The predicted molar refractivity (Wildman–Crippen MR) is 323 cm³/mol. The number of hydrogen-bond donors (Lipinski definition) is 12. The molecule has 0 aromatic carbocycles. The quantitative estimate of drug-likeness (QED) is 0.0208. The second kappa shape index (κ2) is 47.7. The second-order valence-electron chi connectivity index (χ2n) is 23.6. The van der Waals surface area contributed by atoms with Gasteiger partial charge in [-0.15, -0.1) is 0 Å². The van der Waals surface area contributed by atoms with Crippen molar-refractivity contribution in [3.63, 3.8) is 0 Å². The highest BCUT2D eigenvalue weighted by Crippen LogP contribution is 2.33. The van der Waals surface area contributed by atoms with Crippen LogP contribution in [0.15, 0.2) is 48.6 Å². The van der Waals surface area contributed by atoms with Crippen LogP contribution < -0.4 is 5.32 Å². The number of allylic oxidation sites excluding steroid dienone is 7. The molecule has 0 aliphatic carbocycles. The van der Waals surface area contributed by atoms with E-state index in [9.17, 15) is 61.0 Å². The van der Waals surface area contributed by atoms with E-state index in [-0.39, 0.29) is 18.9 Å². The van der Waals surface area contributed by atoms with Crippen LogP contribution in [0.3, 0.4) is 0 Å². The first-order valence-corrected chi connectivity index (χ1v) is 32.9. The average molecular weight is 1200 g/mol. The Balaban J connectivity index is 1.49. The van der Waals surface area contributed by atoms with E-state index in [1.54, 1.807) is 6.08 Å². The summed E-state index contributed by atoms with van der Waals surface area (Å²) in [4.78, 5) is 13.4. The average Bonchev–Trinajstić information content (AvgIpc) is 2.97. The number of aliphatic hydroxyl groups is 11. The normalized spacial score (nSPS) is 29.5. The molecule has 0 aromatic heterocycles. The third kappa shape index (κ3) is 30.3. The topological polar surface area (TPSA) is 307 Å². The maximum Gasteiger partial charge on any atom is 0.220 e. The van der Waals surface area contributed by atoms with Crippen LogP contribution in [0, 0.1) is 0 Å². The van der Waals surface area contributed by atoms with Crippen LogP contribution >= 0.6 is 0 Å². The molecular formula is C65H117NO18. The maximum absolute atomic E-state index is 13.4. The molecule has 84 heavy (non-hydrogen) atoms. The Labute approximate surface area is 503 Å². The van der Waals surface area contributed by atoms with E-state index < -0.39 is 124 Å². The van der Waals surface area contributed by atoms with Gasteiger partial charge >= 0.3 is 0 Å². The summed E-state index contributed by atoms with van der Waals surface area (Å²) in [5.74, 6) is -0.294. The molecule has 3 rings (SSSR count). The molecule has 3 saturated heterocycles. The molecular weight excluding hydrogens is 1080 g/mol. The highest BCUT2D eigenvalue weighted by molar-refractivity contribution is 5.76. The lowest BCUT2D eigenvalue weighted by Gasteiger charge is -2.48. The fourth-order valence-electron chi connectivity index (χ4n) is 10.9. The lowest BCUT2D eigenvalue weighted by molar-refractivity contribution is -0.379. The van der Waals surface area contributed by atoms with Gasteiger partial charge in [0, 0.05) is 6.42 Å². The Morgan fingerprint density at radius 1 is 0.429 bits per heavy atom. The standard InChI is InChI=1S/C65H117NO18/c1-3-5-7-9-11-13-15-17-19-21-23-24-25-26-28-30-32-34-36-38-40-42-49(70)48(66-53(71)43-41-39-37-35-33-31-29-27-22-20-18-16-14-12-10-8-6-4-2)47-79-63-59(77)56(74)61(51(45-68)81-63)84-65-60(78)57(75)62(52(46-69)82-65)83-64-58(76)55(73)54(72)50(44-67)80-64/h14,16,20,22,32,34,40,42,48-52,54-65,67-70,72-78H,3-13,15,17-19,21,23-31,33,35-39,41,43-47H2,1-2H3,(H,66,71)/b16-14-,22-20-,34-32+,42-40+. The number of ether oxygens (including phenoxy) is 6. The summed E-state index contributed by atoms with van der Waals surface area (Å²) in [6.45, 7) is 1.69. The van der Waals surface area contributed by atoms with E-state index in [2.05, 4.69) is 55.6 Å². The highest BCUT2D eigenvalue weighted by Gasteiger charge is 2.53. The number of hydrogen-bond acceptors (Lipinski definition) is 18. The number of carbonyl (C=O) groups is 1. The van der Waals surface area contributed by atoms with Crippen molar-refractivity contribution < 1.29 is 89.4 Å². The van der Waals surface area contributed by atoms with E-state index in [4.69, 9.17) is 28.4 Å². The monoisotopic (exact) mass is 1200 g/mol. The van der Waals surface area contributed by atoms with E-state index in [1.165, 1.54) is 116 Å². The summed E-state index contributed by atoms with van der Waals surface area (Å²) in [5, 5.41) is 120. The first-order valence-electron chi connectivity index (χ1n) is 32.9. The molecule has 3 heterocycles. The van der Waals surface area contributed by atoms with Crippen molar-refractivity contribution in [3.8, 4) is 0 Å². The minimum absolute atomic E-state index is 0.226. The molecule has 19 nitrogen and oxygen atoms in total. The summed E-state index contributed by atoms with van der Waals surface area (Å²) in [6, 6.07) is -0.995. The molecule has 0 radical (unpaired) electrons. The van der Waals surface area contributed by atoms with Gasteiger partial charge in [-0.2, -0.15) is 0 Å². The number of aliphatic hydroxyl groups excluding tert-OH is 11. The number of unbranched alkanes of at least 4 members (excludes halogenated alkanes) is 27. The minimum Gasteiger partial charge on any atom is -0.394 e. The van der Waals surface area contributed by atoms with Gasteiger partial charge in [0.25, 0.3) is 0 Å². The van der Waals surface area contributed by atoms with Crippen molar-refractivity contribution >= 4 is 5.91 Å². The van der Waals surface area contributed by atoms with Crippen molar-refractivity contribution in [2.24, 2.45) is 0 Å². The molecule has 19 heteroatoms. The Hall–Kier alpha value is -2.25. The fraction of sp³-hybridized carbons (Fsp3) is 0.862. The molecule has 3 fully saturated rings. The highest BCUT2D eigenvalue weighted by atomic mass is 16.8. The van der Waals surface area contributed by atoms with E-state index in [1.807, 2.05) is 6.08 Å². The van der Waals surface area contributed by atoms with Crippen molar-refractivity contribution in [1.29, 1.82) is 0 Å². The molecule has 17 unspecified atom stereocenters. The second-order valence-corrected chi connectivity index (χ2v) is 23.6. The van der Waals surface area contributed by atoms with Gasteiger partial charge in [-0.3, -0.25) is 4.79 Å². The zero-order chi connectivity index (χ0) is 61.2. The van der Waals surface area contributed by atoms with Crippen LogP contribution in [0.1, 0.15) is 226 Å². The van der Waals surface area contributed by atoms with Gasteiger partial charge in [-0.1, -0.05) is 204 Å². The fourth-order valence-corrected chi connectivity index (χ4v) is 10.9. The Morgan fingerprint density at radius 2 is 0.798 bits per heavy atom. The van der Waals surface area contributed by atoms with E-state index in [0.717, 1.165) is 77.0 Å². The van der Waals surface area contributed by atoms with Crippen LogP contribution in [-0.2, 0) is 33.2 Å². The SMILES string of the molecule is CCCCCC/C=C\C/C=C\CCCCCCCCCC(=O)NC(COC1OC(CO)C(OC2OC(CO)C(OC3OC(CO)C(O)C(O)C3O)C(O)C2O)C(O)C1O)C(O)/C=C/CC/C=C/CCCCCCCCCCCCCCCCC. The summed E-state index contributed by atoms with van der Waals surface area (Å²) >= 11 is 0. The molecule has 17 atom stereocenters. The minimum atomic E-state index is -1.98. The third-order valence-corrected chi connectivity index (χ3v) is 16.3. The Kier molecular flexibility index (Phi) is 43.2. The summed E-state index contributed by atoms with van der Waals surface area (Å²) in [7, 11) is 0. The third-order valence-electron chi connectivity index (χ3n) is 16.3. The van der Waals surface area contributed by atoms with Crippen molar-refractivity contribution in [2.75, 3.05) is 26.4 Å². The van der Waals surface area contributed by atoms with Crippen LogP contribution in [0.2, 0.25) is 0 Å². The zero-order valence-corrected chi connectivity index (χ0v) is 51.4.